The molecule has 1 unspecified atom stereocenters. The van der Waals surface area contributed by atoms with Crippen molar-refractivity contribution in [1.82, 2.24) is 15.5 Å². The number of aromatic nitrogens is 2. The number of furan rings is 1. The Morgan fingerprint density at radius 3 is 2.85 bits per heavy atom. The quantitative estimate of drug-likeness (QED) is 0.539. The predicted molar refractivity (Wildman–Crippen MR) is 105 cm³/mol. The Labute approximate surface area is 164 Å². The average molecular weight is 409 g/mol. The van der Waals surface area contributed by atoms with E-state index in [-0.39, 0.29) is 17.7 Å². The second-order valence-electron chi connectivity index (χ2n) is 5.44. The van der Waals surface area contributed by atoms with Crippen molar-refractivity contribution in [2.24, 2.45) is 0 Å². The molecule has 0 radical (unpaired) electrons. The van der Waals surface area contributed by atoms with Crippen molar-refractivity contribution in [2.45, 2.75) is 23.8 Å². The highest BCUT2D eigenvalue weighted by Crippen LogP contribution is 2.26. The van der Waals surface area contributed by atoms with E-state index in [1.807, 2.05) is 43.3 Å². The fourth-order valence-corrected chi connectivity index (χ4v) is 3.85. The standard InChI is InChI=1S/C17H17ClN4O2S2/c1-11(12-4-6-13(18)7-5-12)20-15(23)10-25-17-22-21-16(26-17)19-9-14-3-2-8-24-14/h2-8,11H,9-10H2,1H3,(H,19,21)(H,20,23). The van der Waals surface area contributed by atoms with Crippen molar-refractivity contribution in [3.05, 3.63) is 59.0 Å². The zero-order valence-electron chi connectivity index (χ0n) is 13.9. The first-order valence-electron chi connectivity index (χ1n) is 7.87. The highest BCUT2D eigenvalue weighted by Gasteiger charge is 2.12. The molecule has 0 bridgehead atoms. The Morgan fingerprint density at radius 2 is 2.12 bits per heavy atom. The topological polar surface area (TPSA) is 80.0 Å². The van der Waals surface area contributed by atoms with Crippen LogP contribution in [-0.2, 0) is 11.3 Å². The van der Waals surface area contributed by atoms with Gasteiger partial charge in [0.2, 0.25) is 11.0 Å². The molecular formula is C17H17ClN4O2S2. The molecule has 26 heavy (non-hydrogen) atoms. The normalized spacial score (nSPS) is 11.9. The number of nitrogens with zero attached hydrogens (tertiary/aromatic N) is 2. The van der Waals surface area contributed by atoms with Crippen molar-refractivity contribution in [3.63, 3.8) is 0 Å². The van der Waals surface area contributed by atoms with Gasteiger partial charge >= 0.3 is 0 Å². The van der Waals surface area contributed by atoms with E-state index in [2.05, 4.69) is 20.8 Å². The van der Waals surface area contributed by atoms with Crippen molar-refractivity contribution < 1.29 is 9.21 Å². The summed E-state index contributed by atoms with van der Waals surface area (Å²) in [5.74, 6) is 1.05. The molecule has 3 rings (SSSR count). The first-order valence-corrected chi connectivity index (χ1v) is 10.1. The second kappa shape index (κ2) is 9.07. The number of thioether (sulfide) groups is 1. The number of nitrogens with one attached hydrogen (secondary N) is 2. The molecule has 0 aliphatic carbocycles. The second-order valence-corrected chi connectivity index (χ2v) is 8.07. The van der Waals surface area contributed by atoms with Crippen LogP contribution in [0.2, 0.25) is 5.02 Å². The minimum Gasteiger partial charge on any atom is -0.467 e. The Morgan fingerprint density at radius 1 is 1.31 bits per heavy atom. The summed E-state index contributed by atoms with van der Waals surface area (Å²) in [5.41, 5.74) is 1.01. The zero-order valence-corrected chi connectivity index (χ0v) is 16.3. The Balaban J connectivity index is 1.43. The Bertz CT molecular complexity index is 837. The van der Waals surface area contributed by atoms with Crippen LogP contribution in [0.25, 0.3) is 0 Å². The third-order valence-corrected chi connectivity index (χ3v) is 5.74. The molecule has 6 nitrogen and oxygen atoms in total. The molecule has 0 aliphatic rings. The van der Waals surface area contributed by atoms with Gasteiger partial charge in [0.25, 0.3) is 0 Å². The largest absolute Gasteiger partial charge is 0.467 e. The Kier molecular flexibility index (Phi) is 6.54. The molecule has 0 saturated heterocycles. The minimum atomic E-state index is -0.0830. The molecule has 0 aliphatic heterocycles. The number of halogens is 1. The van der Waals surface area contributed by atoms with E-state index in [9.17, 15) is 4.79 Å². The molecule has 9 heteroatoms. The number of benzene rings is 1. The molecule has 0 spiro atoms. The molecule has 2 N–H and O–H groups in total. The van der Waals surface area contributed by atoms with Gasteiger partial charge in [0.05, 0.1) is 24.6 Å². The van der Waals surface area contributed by atoms with Crippen LogP contribution < -0.4 is 10.6 Å². The van der Waals surface area contributed by atoms with Crippen LogP contribution in [0.5, 0.6) is 0 Å². The summed E-state index contributed by atoms with van der Waals surface area (Å²) in [7, 11) is 0. The lowest BCUT2D eigenvalue weighted by atomic mass is 10.1. The summed E-state index contributed by atoms with van der Waals surface area (Å²) in [6.07, 6.45) is 1.63. The van der Waals surface area contributed by atoms with Crippen molar-refractivity contribution in [2.75, 3.05) is 11.1 Å². The van der Waals surface area contributed by atoms with E-state index in [0.717, 1.165) is 15.7 Å². The van der Waals surface area contributed by atoms with Crippen molar-refractivity contribution in [3.8, 4) is 0 Å². The minimum absolute atomic E-state index is 0.0576. The molecule has 0 fully saturated rings. The summed E-state index contributed by atoms with van der Waals surface area (Å²) in [4.78, 5) is 12.1. The molecule has 3 aromatic rings. The molecule has 1 amide bonds. The van der Waals surface area contributed by atoms with Crippen LogP contribution in [0.3, 0.4) is 0 Å². The fourth-order valence-electron chi connectivity index (χ4n) is 2.16. The number of carbonyl (C=O) groups is 1. The molecule has 136 valence electrons. The predicted octanol–water partition coefficient (Wildman–Crippen LogP) is 4.37. The van der Waals surface area contributed by atoms with Gasteiger partial charge in [-0.2, -0.15) is 0 Å². The number of hydrogen-bond donors (Lipinski definition) is 2. The lowest BCUT2D eigenvalue weighted by Gasteiger charge is -2.13. The smallest absolute Gasteiger partial charge is 0.230 e. The first-order chi connectivity index (χ1) is 12.6. The van der Waals surface area contributed by atoms with Gasteiger partial charge < -0.3 is 15.1 Å². The summed E-state index contributed by atoms with van der Waals surface area (Å²) in [6.45, 7) is 2.48. The maximum absolute atomic E-state index is 12.1. The van der Waals surface area contributed by atoms with Crippen LogP contribution in [-0.4, -0.2) is 21.9 Å². The lowest BCUT2D eigenvalue weighted by molar-refractivity contribution is -0.119. The maximum atomic E-state index is 12.1. The monoisotopic (exact) mass is 408 g/mol. The van der Waals surface area contributed by atoms with Crippen LogP contribution in [0.15, 0.2) is 51.4 Å². The number of anilines is 1. The zero-order chi connectivity index (χ0) is 18.4. The highest BCUT2D eigenvalue weighted by molar-refractivity contribution is 8.01. The summed E-state index contributed by atoms with van der Waals surface area (Å²) in [6, 6.07) is 11.1. The van der Waals surface area contributed by atoms with E-state index in [4.69, 9.17) is 16.0 Å². The van der Waals surface area contributed by atoms with Crippen LogP contribution >= 0.6 is 34.7 Å². The number of hydrogen-bond acceptors (Lipinski definition) is 7. The van der Waals surface area contributed by atoms with Crippen LogP contribution in [0, 0.1) is 0 Å². The van der Waals surface area contributed by atoms with Gasteiger partial charge in [-0.05, 0) is 36.8 Å². The Hall–Kier alpha value is -2.03. The van der Waals surface area contributed by atoms with Gasteiger partial charge in [-0.15, -0.1) is 10.2 Å². The van der Waals surface area contributed by atoms with E-state index in [1.165, 1.54) is 23.1 Å². The summed E-state index contributed by atoms with van der Waals surface area (Å²) >= 11 is 8.65. The van der Waals surface area contributed by atoms with Crippen LogP contribution in [0.4, 0.5) is 5.13 Å². The molecule has 2 heterocycles. The maximum Gasteiger partial charge on any atom is 0.230 e. The van der Waals surface area contributed by atoms with Gasteiger partial charge in [0.15, 0.2) is 4.34 Å². The average Bonchev–Trinajstić information content (AvgIpc) is 3.30. The SMILES string of the molecule is CC(NC(=O)CSc1nnc(NCc2ccco2)s1)c1ccc(Cl)cc1. The third kappa shape index (κ3) is 5.48. The third-order valence-electron chi connectivity index (χ3n) is 3.47. The summed E-state index contributed by atoms with van der Waals surface area (Å²) < 4.78 is 5.99. The van der Waals surface area contributed by atoms with Gasteiger partial charge in [-0.3, -0.25) is 4.79 Å². The molecule has 2 aromatic heterocycles. The van der Waals surface area contributed by atoms with E-state index >= 15 is 0 Å². The van der Waals surface area contributed by atoms with Gasteiger partial charge in [0, 0.05) is 5.02 Å². The van der Waals surface area contributed by atoms with Crippen molar-refractivity contribution >= 4 is 45.7 Å². The van der Waals surface area contributed by atoms with Gasteiger partial charge in [-0.1, -0.05) is 46.8 Å². The number of rotatable bonds is 8. The number of carbonyl (C=O) groups excluding carboxylic acids is 1. The van der Waals surface area contributed by atoms with Crippen LogP contribution in [0.1, 0.15) is 24.3 Å². The lowest BCUT2D eigenvalue weighted by Crippen LogP contribution is -2.28. The molecular weight excluding hydrogens is 392 g/mol. The van der Waals surface area contributed by atoms with Gasteiger partial charge in [-0.25, -0.2) is 0 Å². The van der Waals surface area contributed by atoms with E-state index in [0.29, 0.717) is 16.7 Å². The fraction of sp³-hybridized carbons (Fsp3) is 0.235. The van der Waals surface area contributed by atoms with Gasteiger partial charge in [0.1, 0.15) is 5.76 Å². The molecule has 1 aromatic carbocycles. The molecule has 0 saturated carbocycles. The van der Waals surface area contributed by atoms with E-state index in [1.54, 1.807) is 6.26 Å². The molecule has 1 atom stereocenters. The van der Waals surface area contributed by atoms with Crippen molar-refractivity contribution in [1.29, 1.82) is 0 Å². The van der Waals surface area contributed by atoms with E-state index < -0.39 is 0 Å². The number of amides is 1. The first kappa shape index (κ1) is 18.8. The summed E-state index contributed by atoms with van der Waals surface area (Å²) in [5, 5.41) is 15.6. The highest BCUT2D eigenvalue weighted by atomic mass is 35.5.